The van der Waals surface area contributed by atoms with E-state index in [1.807, 2.05) is 72.8 Å². The van der Waals surface area contributed by atoms with Gasteiger partial charge in [-0.1, -0.05) is 60.7 Å². The summed E-state index contributed by atoms with van der Waals surface area (Å²) in [7, 11) is 0. The van der Waals surface area contributed by atoms with Gasteiger partial charge >= 0.3 is 0 Å². The monoisotopic (exact) mass is 325 g/mol. The Labute approximate surface area is 145 Å². The molecule has 0 radical (unpaired) electrons. The zero-order valence-corrected chi connectivity index (χ0v) is 13.4. The van der Waals surface area contributed by atoms with Gasteiger partial charge in [0, 0.05) is 5.56 Å². The Morgan fingerprint density at radius 1 is 0.800 bits per heavy atom. The van der Waals surface area contributed by atoms with Crippen molar-refractivity contribution in [2.24, 2.45) is 4.99 Å². The number of carbonyl (C=O) groups is 1. The molecule has 0 aliphatic heterocycles. The Morgan fingerprint density at radius 3 is 2.20 bits per heavy atom. The van der Waals surface area contributed by atoms with Crippen LogP contribution in [0.1, 0.15) is 10.4 Å². The maximum Gasteiger partial charge on any atom is 0.228 e. The summed E-state index contributed by atoms with van der Waals surface area (Å²) in [5.74, 6) is 0.179. The number of benzene rings is 3. The molecule has 0 unspecified atom stereocenters. The number of hydrogen-bond donors (Lipinski definition) is 0. The van der Waals surface area contributed by atoms with E-state index in [-0.39, 0.29) is 5.78 Å². The highest BCUT2D eigenvalue weighted by molar-refractivity contribution is 6.46. The van der Waals surface area contributed by atoms with Gasteiger partial charge in [-0.25, -0.2) is 9.98 Å². The SMILES string of the molecule is O=C(C(=Nc1ccccc1)n1cnc2ccccc21)c1ccccc1. The van der Waals surface area contributed by atoms with Crippen LogP contribution in [0.25, 0.3) is 11.0 Å². The van der Waals surface area contributed by atoms with Crippen LogP contribution in [0, 0.1) is 0 Å². The molecule has 1 aromatic heterocycles. The van der Waals surface area contributed by atoms with Crippen LogP contribution in [0.15, 0.2) is 96.2 Å². The van der Waals surface area contributed by atoms with Gasteiger partial charge in [0.05, 0.1) is 16.7 Å². The average molecular weight is 325 g/mol. The highest BCUT2D eigenvalue weighted by atomic mass is 16.1. The number of para-hydroxylation sites is 3. The summed E-state index contributed by atoms with van der Waals surface area (Å²) in [6.07, 6.45) is 1.65. The molecule has 120 valence electrons. The fourth-order valence-electron chi connectivity index (χ4n) is 2.69. The molecule has 0 bridgehead atoms. The summed E-state index contributed by atoms with van der Waals surface area (Å²) >= 11 is 0. The van der Waals surface area contributed by atoms with E-state index in [0.717, 1.165) is 16.7 Å². The number of fused-ring (bicyclic) bond motifs is 1. The van der Waals surface area contributed by atoms with Gasteiger partial charge in [-0.2, -0.15) is 0 Å². The van der Waals surface area contributed by atoms with Crippen molar-refractivity contribution in [3.63, 3.8) is 0 Å². The van der Waals surface area contributed by atoms with Crippen LogP contribution in [0.2, 0.25) is 0 Å². The molecule has 4 nitrogen and oxygen atoms in total. The molecular formula is C21H15N3O. The van der Waals surface area contributed by atoms with Crippen molar-refractivity contribution in [3.05, 3.63) is 96.8 Å². The first-order valence-electron chi connectivity index (χ1n) is 7.99. The Kier molecular flexibility index (Phi) is 3.92. The first kappa shape index (κ1) is 15.0. The van der Waals surface area contributed by atoms with Gasteiger partial charge < -0.3 is 0 Å². The lowest BCUT2D eigenvalue weighted by molar-refractivity contribution is 0.106. The Bertz CT molecular complexity index is 1050. The van der Waals surface area contributed by atoms with Gasteiger partial charge in [-0.15, -0.1) is 0 Å². The van der Waals surface area contributed by atoms with Crippen molar-refractivity contribution in [1.29, 1.82) is 0 Å². The molecule has 0 spiro atoms. The molecule has 4 rings (SSSR count). The molecule has 0 saturated heterocycles. The molecule has 0 saturated carbocycles. The number of nitrogens with zero attached hydrogens (tertiary/aromatic N) is 3. The second-order valence-corrected chi connectivity index (χ2v) is 5.57. The molecule has 0 aliphatic carbocycles. The number of aliphatic imine (C=N–C) groups is 1. The second kappa shape index (κ2) is 6.53. The van der Waals surface area contributed by atoms with Crippen molar-refractivity contribution in [1.82, 2.24) is 9.55 Å². The summed E-state index contributed by atoms with van der Waals surface area (Å²) in [4.78, 5) is 22.1. The van der Waals surface area contributed by atoms with E-state index in [1.54, 1.807) is 23.0 Å². The van der Waals surface area contributed by atoms with E-state index in [0.29, 0.717) is 11.4 Å². The topological polar surface area (TPSA) is 47.2 Å². The molecule has 0 N–H and O–H groups in total. The number of Topliss-reactive ketones (excluding diaryl/α,β-unsaturated/α-hetero) is 1. The highest BCUT2D eigenvalue weighted by Gasteiger charge is 2.18. The van der Waals surface area contributed by atoms with Crippen LogP contribution >= 0.6 is 0 Å². The number of hydrogen-bond acceptors (Lipinski definition) is 3. The zero-order chi connectivity index (χ0) is 17.1. The van der Waals surface area contributed by atoms with Crippen LogP contribution < -0.4 is 0 Å². The van der Waals surface area contributed by atoms with E-state index in [9.17, 15) is 4.79 Å². The third-order valence-electron chi connectivity index (χ3n) is 3.91. The number of ketones is 1. The van der Waals surface area contributed by atoms with E-state index >= 15 is 0 Å². The van der Waals surface area contributed by atoms with E-state index < -0.39 is 0 Å². The average Bonchev–Trinajstić information content (AvgIpc) is 3.11. The van der Waals surface area contributed by atoms with Crippen molar-refractivity contribution in [2.75, 3.05) is 0 Å². The van der Waals surface area contributed by atoms with Crippen molar-refractivity contribution in [3.8, 4) is 0 Å². The summed E-state index contributed by atoms with van der Waals surface area (Å²) in [5.41, 5.74) is 2.99. The minimum Gasteiger partial charge on any atom is -0.285 e. The van der Waals surface area contributed by atoms with Crippen LogP contribution in [0.4, 0.5) is 5.69 Å². The Morgan fingerprint density at radius 2 is 1.44 bits per heavy atom. The second-order valence-electron chi connectivity index (χ2n) is 5.57. The standard InChI is InChI=1S/C21H15N3O/c25-20(16-9-3-1-4-10-16)21(23-17-11-5-2-6-12-17)24-15-22-18-13-7-8-14-19(18)24/h1-15H. The third kappa shape index (κ3) is 2.97. The summed E-state index contributed by atoms with van der Waals surface area (Å²) in [5, 5.41) is 0. The molecule has 25 heavy (non-hydrogen) atoms. The van der Waals surface area contributed by atoms with Gasteiger partial charge in [0.2, 0.25) is 5.78 Å². The van der Waals surface area contributed by atoms with Gasteiger partial charge in [0.15, 0.2) is 5.84 Å². The number of rotatable bonds is 3. The zero-order valence-electron chi connectivity index (χ0n) is 13.4. The molecular weight excluding hydrogens is 310 g/mol. The van der Waals surface area contributed by atoms with E-state index in [2.05, 4.69) is 9.98 Å². The fraction of sp³-hybridized carbons (Fsp3) is 0. The van der Waals surface area contributed by atoms with Crippen LogP contribution in [0.3, 0.4) is 0 Å². The van der Waals surface area contributed by atoms with Crippen molar-refractivity contribution in [2.45, 2.75) is 0 Å². The Balaban J connectivity index is 1.90. The van der Waals surface area contributed by atoms with Crippen LogP contribution in [0.5, 0.6) is 0 Å². The molecule has 1 heterocycles. The first-order chi connectivity index (χ1) is 12.3. The molecule has 0 aliphatic rings. The van der Waals surface area contributed by atoms with E-state index in [4.69, 9.17) is 0 Å². The Hall–Kier alpha value is -3.53. The maximum absolute atomic E-state index is 13.1. The predicted molar refractivity (Wildman–Crippen MR) is 99.4 cm³/mol. The summed E-state index contributed by atoms with van der Waals surface area (Å²) in [6, 6.07) is 26.3. The predicted octanol–water partition coefficient (Wildman–Crippen LogP) is 4.50. The molecule has 0 amide bonds. The number of aromatic nitrogens is 2. The van der Waals surface area contributed by atoms with Gasteiger partial charge in [0.1, 0.15) is 6.33 Å². The molecule has 0 fully saturated rings. The van der Waals surface area contributed by atoms with E-state index in [1.165, 1.54) is 0 Å². The molecule has 0 atom stereocenters. The van der Waals surface area contributed by atoms with Gasteiger partial charge in [-0.3, -0.25) is 9.36 Å². The van der Waals surface area contributed by atoms with Crippen LogP contribution in [-0.2, 0) is 0 Å². The minimum atomic E-state index is -0.146. The summed E-state index contributed by atoms with van der Waals surface area (Å²) in [6.45, 7) is 0. The largest absolute Gasteiger partial charge is 0.285 e. The van der Waals surface area contributed by atoms with Crippen molar-refractivity contribution >= 4 is 28.3 Å². The molecule has 4 heteroatoms. The smallest absolute Gasteiger partial charge is 0.228 e. The van der Waals surface area contributed by atoms with Crippen molar-refractivity contribution < 1.29 is 4.79 Å². The normalized spacial score (nSPS) is 11.6. The maximum atomic E-state index is 13.1. The number of carbonyl (C=O) groups excluding carboxylic acids is 1. The lowest BCUT2D eigenvalue weighted by Gasteiger charge is -2.08. The number of imidazole rings is 1. The van der Waals surface area contributed by atoms with Crippen LogP contribution in [-0.4, -0.2) is 21.2 Å². The quantitative estimate of drug-likeness (QED) is 0.316. The molecule has 4 aromatic rings. The highest BCUT2D eigenvalue weighted by Crippen LogP contribution is 2.17. The lowest BCUT2D eigenvalue weighted by atomic mass is 10.1. The minimum absolute atomic E-state index is 0.146. The molecule has 3 aromatic carbocycles. The van der Waals surface area contributed by atoms with Gasteiger partial charge in [0.25, 0.3) is 0 Å². The van der Waals surface area contributed by atoms with Gasteiger partial charge in [-0.05, 0) is 24.3 Å². The fourth-order valence-corrected chi connectivity index (χ4v) is 2.69. The third-order valence-corrected chi connectivity index (χ3v) is 3.91. The lowest BCUT2D eigenvalue weighted by Crippen LogP contribution is -2.22. The summed E-state index contributed by atoms with van der Waals surface area (Å²) < 4.78 is 1.75. The first-order valence-corrected chi connectivity index (χ1v) is 7.99.